The Morgan fingerprint density at radius 1 is 1.21 bits per heavy atom. The predicted octanol–water partition coefficient (Wildman–Crippen LogP) is 4.35. The smallest absolute Gasteiger partial charge is 0.254 e. The van der Waals surface area contributed by atoms with Gasteiger partial charge in [-0.15, -0.1) is 0 Å². The average molecular weight is 550 g/mol. The minimum atomic E-state index is -0.240. The lowest BCUT2D eigenvalue weighted by atomic mass is 9.93. The van der Waals surface area contributed by atoms with Crippen LogP contribution in [0.3, 0.4) is 0 Å². The molecule has 1 aromatic heterocycles. The lowest BCUT2D eigenvalue weighted by Gasteiger charge is -2.26. The molecule has 0 saturated heterocycles. The second kappa shape index (κ2) is 11.6. The van der Waals surface area contributed by atoms with Crippen LogP contribution in [-0.4, -0.2) is 57.6 Å². The van der Waals surface area contributed by atoms with Gasteiger partial charge >= 0.3 is 0 Å². The summed E-state index contributed by atoms with van der Waals surface area (Å²) in [6, 6.07) is 13.0. The van der Waals surface area contributed by atoms with Gasteiger partial charge in [0.15, 0.2) is 0 Å². The van der Waals surface area contributed by atoms with Crippen LogP contribution in [-0.2, 0) is 11.3 Å². The molecular weight excluding hydrogens is 518 g/mol. The Balaban J connectivity index is 1.25. The Morgan fingerprint density at radius 2 is 2.00 bits per heavy atom. The zero-order chi connectivity index (χ0) is 27.5. The van der Waals surface area contributed by atoms with Crippen LogP contribution >= 0.6 is 11.6 Å². The molecule has 39 heavy (non-hydrogen) atoms. The Labute approximate surface area is 232 Å². The van der Waals surface area contributed by atoms with E-state index >= 15 is 0 Å². The number of rotatable bonds is 8. The molecule has 10 heteroatoms. The Hall–Kier alpha value is -3.69. The molecule has 204 valence electrons. The fraction of sp³-hybridized carbons (Fsp3) is 0.379. The summed E-state index contributed by atoms with van der Waals surface area (Å²) in [5.74, 6) is 0.734. The molecule has 1 aliphatic heterocycles. The maximum Gasteiger partial charge on any atom is 0.254 e. The summed E-state index contributed by atoms with van der Waals surface area (Å²) in [5.41, 5.74) is 3.53. The van der Waals surface area contributed by atoms with Crippen LogP contribution in [0.15, 0.2) is 48.7 Å². The molecule has 5 rings (SSSR count). The van der Waals surface area contributed by atoms with Gasteiger partial charge in [-0.05, 0) is 61.9 Å². The van der Waals surface area contributed by atoms with Gasteiger partial charge in [-0.3, -0.25) is 9.59 Å². The van der Waals surface area contributed by atoms with Gasteiger partial charge in [0.2, 0.25) is 11.9 Å². The van der Waals surface area contributed by atoms with Gasteiger partial charge in [0, 0.05) is 23.7 Å². The summed E-state index contributed by atoms with van der Waals surface area (Å²) in [4.78, 5) is 36.5. The maximum absolute atomic E-state index is 13.2. The number of aliphatic hydroxyl groups is 1. The normalized spacial score (nSPS) is 19.4. The number of aromatic nitrogens is 2. The number of nitrogens with zero attached hydrogens (tertiary/aromatic N) is 3. The van der Waals surface area contributed by atoms with E-state index in [4.69, 9.17) is 16.3 Å². The van der Waals surface area contributed by atoms with E-state index in [-0.39, 0.29) is 36.5 Å². The third kappa shape index (κ3) is 6.15. The lowest BCUT2D eigenvalue weighted by molar-refractivity contribution is -0.122. The highest BCUT2D eigenvalue weighted by atomic mass is 35.5. The monoisotopic (exact) mass is 549 g/mol. The van der Waals surface area contributed by atoms with Crippen LogP contribution in [0.5, 0.6) is 5.75 Å². The predicted molar refractivity (Wildman–Crippen MR) is 149 cm³/mol. The van der Waals surface area contributed by atoms with Gasteiger partial charge in [0.05, 0.1) is 36.2 Å². The Morgan fingerprint density at radius 3 is 2.77 bits per heavy atom. The third-order valence-corrected chi connectivity index (χ3v) is 7.62. The Kier molecular flexibility index (Phi) is 7.99. The first-order valence-electron chi connectivity index (χ1n) is 13.1. The van der Waals surface area contributed by atoms with E-state index in [9.17, 15) is 14.7 Å². The molecule has 0 spiro atoms. The molecule has 1 unspecified atom stereocenters. The number of fused-ring (bicyclic) bond motifs is 1. The van der Waals surface area contributed by atoms with Gasteiger partial charge in [-0.1, -0.05) is 35.9 Å². The second-order valence-corrected chi connectivity index (χ2v) is 10.5. The largest absolute Gasteiger partial charge is 0.497 e. The van der Waals surface area contributed by atoms with E-state index < -0.39 is 0 Å². The number of benzene rings is 2. The van der Waals surface area contributed by atoms with Gasteiger partial charge in [-0.2, -0.15) is 0 Å². The minimum Gasteiger partial charge on any atom is -0.497 e. The first-order chi connectivity index (χ1) is 18.8. The van der Waals surface area contributed by atoms with Crippen molar-refractivity contribution < 1.29 is 19.4 Å². The Bertz CT molecular complexity index is 1380. The summed E-state index contributed by atoms with van der Waals surface area (Å²) >= 11 is 6.45. The van der Waals surface area contributed by atoms with Crippen molar-refractivity contribution >= 4 is 29.4 Å². The molecule has 1 saturated carbocycles. The van der Waals surface area contributed by atoms with Crippen molar-refractivity contribution in [3.63, 3.8) is 0 Å². The number of carbonyl (C=O) groups is 2. The molecule has 1 atom stereocenters. The second-order valence-electron chi connectivity index (χ2n) is 10.1. The highest BCUT2D eigenvalue weighted by molar-refractivity contribution is 6.33. The van der Waals surface area contributed by atoms with Crippen LogP contribution in [0.25, 0.3) is 11.3 Å². The van der Waals surface area contributed by atoms with Crippen molar-refractivity contribution in [1.29, 1.82) is 0 Å². The number of hydrogen-bond donors (Lipinski definition) is 3. The van der Waals surface area contributed by atoms with Crippen molar-refractivity contribution in [1.82, 2.24) is 20.2 Å². The quantitative estimate of drug-likeness (QED) is 0.382. The standard InChI is InChI=1S/C29H32ClN5O4/c1-17(18-4-3-5-23(12-18)39-2)32-26(37)16-35-15-20-7-6-19(13-24(20)28(35)38)27-25(30)14-31-29(34-27)33-21-8-10-22(36)11-9-21/h3-7,12-14,17,21-22,36H,8-11,15-16H2,1-2H3,(H,32,37)(H,31,33,34). The molecule has 0 radical (unpaired) electrons. The number of carbonyl (C=O) groups excluding carboxylic acids is 2. The SMILES string of the molecule is COc1cccc(C(C)NC(=O)CN2Cc3ccc(-c4nc(NC5CCC(O)CC5)ncc4Cl)cc3C2=O)c1. The summed E-state index contributed by atoms with van der Waals surface area (Å²) < 4.78 is 5.27. The van der Waals surface area contributed by atoms with E-state index in [0.717, 1.165) is 42.6 Å². The van der Waals surface area contributed by atoms with Crippen LogP contribution in [0.2, 0.25) is 5.02 Å². The van der Waals surface area contributed by atoms with E-state index in [1.54, 1.807) is 19.4 Å². The summed E-state index contributed by atoms with van der Waals surface area (Å²) in [7, 11) is 1.60. The van der Waals surface area contributed by atoms with E-state index in [1.807, 2.05) is 43.3 Å². The molecule has 2 aliphatic rings. The first kappa shape index (κ1) is 26.9. The fourth-order valence-electron chi connectivity index (χ4n) is 5.13. The number of anilines is 1. The molecule has 3 N–H and O–H groups in total. The number of aliphatic hydroxyl groups excluding tert-OH is 1. The molecule has 1 fully saturated rings. The van der Waals surface area contributed by atoms with Gasteiger partial charge in [0.1, 0.15) is 12.3 Å². The number of hydrogen-bond acceptors (Lipinski definition) is 7. The summed E-state index contributed by atoms with van der Waals surface area (Å²) in [5, 5.41) is 16.4. The minimum absolute atomic E-state index is 0.0461. The molecule has 9 nitrogen and oxygen atoms in total. The number of ether oxygens (including phenoxy) is 1. The van der Waals surface area contributed by atoms with Crippen molar-refractivity contribution in [3.05, 3.63) is 70.4 Å². The number of methoxy groups -OCH3 is 1. The number of halogens is 1. The van der Waals surface area contributed by atoms with Crippen molar-refractivity contribution in [3.8, 4) is 17.0 Å². The zero-order valence-electron chi connectivity index (χ0n) is 22.0. The number of amides is 2. The van der Waals surface area contributed by atoms with Gasteiger partial charge < -0.3 is 25.4 Å². The molecule has 2 heterocycles. The van der Waals surface area contributed by atoms with Gasteiger partial charge in [0.25, 0.3) is 5.91 Å². The maximum atomic E-state index is 13.2. The fourth-order valence-corrected chi connectivity index (χ4v) is 5.33. The summed E-state index contributed by atoms with van der Waals surface area (Å²) in [6.07, 6.45) is 4.50. The van der Waals surface area contributed by atoms with E-state index in [1.165, 1.54) is 4.90 Å². The van der Waals surface area contributed by atoms with Crippen LogP contribution in [0.1, 0.15) is 60.1 Å². The lowest BCUT2D eigenvalue weighted by Crippen LogP contribution is -2.38. The molecule has 1 aliphatic carbocycles. The van der Waals surface area contributed by atoms with Crippen LogP contribution in [0, 0.1) is 0 Å². The molecule has 3 aromatic rings. The van der Waals surface area contributed by atoms with Crippen molar-refractivity contribution in [2.24, 2.45) is 0 Å². The molecular formula is C29H32ClN5O4. The topological polar surface area (TPSA) is 117 Å². The molecule has 2 aromatic carbocycles. The van der Waals surface area contributed by atoms with Gasteiger partial charge in [-0.25, -0.2) is 9.97 Å². The summed E-state index contributed by atoms with van der Waals surface area (Å²) in [6.45, 7) is 2.20. The third-order valence-electron chi connectivity index (χ3n) is 7.34. The number of nitrogens with one attached hydrogen (secondary N) is 2. The first-order valence-corrected chi connectivity index (χ1v) is 13.5. The van der Waals surface area contributed by atoms with Crippen molar-refractivity contribution in [2.75, 3.05) is 19.0 Å². The van der Waals surface area contributed by atoms with E-state index in [2.05, 4.69) is 20.6 Å². The zero-order valence-corrected chi connectivity index (χ0v) is 22.7. The van der Waals surface area contributed by atoms with Crippen molar-refractivity contribution in [2.45, 2.75) is 57.3 Å². The molecule has 2 amide bonds. The highest BCUT2D eigenvalue weighted by Gasteiger charge is 2.30. The van der Waals surface area contributed by atoms with Crippen LogP contribution < -0.4 is 15.4 Å². The van der Waals surface area contributed by atoms with Crippen LogP contribution in [0.4, 0.5) is 5.95 Å². The average Bonchev–Trinajstić information content (AvgIpc) is 3.25. The highest BCUT2D eigenvalue weighted by Crippen LogP contribution is 2.32. The van der Waals surface area contributed by atoms with E-state index in [0.29, 0.717) is 34.3 Å². The molecule has 0 bridgehead atoms.